The minimum atomic E-state index is 0.553. The van der Waals surface area contributed by atoms with Gasteiger partial charge in [0.05, 0.1) is 6.54 Å². The molecule has 0 saturated heterocycles. The number of nitrogens with one attached hydrogen (secondary N) is 3. The van der Waals surface area contributed by atoms with E-state index in [1.54, 1.807) is 7.05 Å². The van der Waals surface area contributed by atoms with Gasteiger partial charge in [0.2, 0.25) is 0 Å². The minimum absolute atomic E-state index is 0.553. The van der Waals surface area contributed by atoms with Gasteiger partial charge in [-0.2, -0.15) is 0 Å². The van der Waals surface area contributed by atoms with Crippen LogP contribution in [0.25, 0.3) is 16.6 Å². The predicted molar refractivity (Wildman–Crippen MR) is 108 cm³/mol. The highest BCUT2D eigenvalue weighted by Gasteiger charge is 2.09. The van der Waals surface area contributed by atoms with Gasteiger partial charge in [-0.25, -0.2) is 0 Å². The molecular formula is C20H23N7. The van der Waals surface area contributed by atoms with E-state index in [0.29, 0.717) is 6.54 Å². The zero-order valence-corrected chi connectivity index (χ0v) is 15.5. The maximum atomic E-state index is 4.30. The van der Waals surface area contributed by atoms with Crippen LogP contribution in [0.5, 0.6) is 0 Å². The fourth-order valence-electron chi connectivity index (χ4n) is 3.36. The summed E-state index contributed by atoms with van der Waals surface area (Å²) in [5.41, 5.74) is 4.59. The Labute approximate surface area is 157 Å². The Morgan fingerprint density at radius 3 is 2.85 bits per heavy atom. The number of nitrogens with zero attached hydrogens (tertiary/aromatic N) is 4. The predicted octanol–water partition coefficient (Wildman–Crippen LogP) is 2.43. The van der Waals surface area contributed by atoms with Gasteiger partial charge in [0, 0.05) is 36.4 Å². The number of benzene rings is 1. The van der Waals surface area contributed by atoms with Crippen molar-refractivity contribution in [3.05, 3.63) is 65.7 Å². The fourth-order valence-corrected chi connectivity index (χ4v) is 3.36. The van der Waals surface area contributed by atoms with Gasteiger partial charge in [0.25, 0.3) is 0 Å². The summed E-state index contributed by atoms with van der Waals surface area (Å²) in [6.45, 7) is 3.47. The second kappa shape index (κ2) is 7.49. The molecule has 0 unspecified atom stereocenters. The summed E-state index contributed by atoms with van der Waals surface area (Å²) in [6.07, 6.45) is 2.88. The summed E-state index contributed by atoms with van der Waals surface area (Å²) in [7, 11) is 1.77. The summed E-state index contributed by atoms with van der Waals surface area (Å²) in [4.78, 5) is 7.75. The second-order valence-electron chi connectivity index (χ2n) is 6.42. The van der Waals surface area contributed by atoms with Crippen LogP contribution in [-0.2, 0) is 13.0 Å². The molecule has 138 valence electrons. The van der Waals surface area contributed by atoms with Gasteiger partial charge in [0.1, 0.15) is 0 Å². The van der Waals surface area contributed by atoms with Crippen molar-refractivity contribution in [2.45, 2.75) is 19.9 Å². The van der Waals surface area contributed by atoms with Crippen molar-refractivity contribution < 1.29 is 0 Å². The van der Waals surface area contributed by atoms with Crippen molar-refractivity contribution in [3.63, 3.8) is 0 Å². The van der Waals surface area contributed by atoms with Gasteiger partial charge in [-0.1, -0.05) is 24.3 Å². The Bertz CT molecular complexity index is 1090. The molecule has 0 atom stereocenters. The molecule has 3 N–H and O–H groups in total. The van der Waals surface area contributed by atoms with E-state index >= 15 is 0 Å². The van der Waals surface area contributed by atoms with E-state index < -0.39 is 0 Å². The topological polar surface area (TPSA) is 82.4 Å². The Morgan fingerprint density at radius 1 is 1.11 bits per heavy atom. The lowest BCUT2D eigenvalue weighted by molar-refractivity contribution is 0.757. The molecule has 4 aromatic rings. The number of H-pyrrole nitrogens is 1. The van der Waals surface area contributed by atoms with Crippen LogP contribution in [0.4, 0.5) is 0 Å². The number of para-hydroxylation sites is 1. The summed E-state index contributed by atoms with van der Waals surface area (Å²) < 4.78 is 1.97. The third-order valence-corrected chi connectivity index (χ3v) is 4.72. The fraction of sp³-hybridized carbons (Fsp3) is 0.250. The first-order chi connectivity index (χ1) is 13.3. The summed E-state index contributed by atoms with van der Waals surface area (Å²) >= 11 is 0. The monoisotopic (exact) mass is 361 g/mol. The van der Waals surface area contributed by atoms with E-state index in [4.69, 9.17) is 0 Å². The molecule has 0 amide bonds. The van der Waals surface area contributed by atoms with Gasteiger partial charge >= 0.3 is 0 Å². The molecule has 27 heavy (non-hydrogen) atoms. The van der Waals surface area contributed by atoms with Crippen molar-refractivity contribution in [1.29, 1.82) is 0 Å². The molecule has 0 aliphatic heterocycles. The molecule has 0 saturated carbocycles. The molecule has 7 heteroatoms. The van der Waals surface area contributed by atoms with E-state index in [9.17, 15) is 0 Å². The molecule has 0 aliphatic rings. The van der Waals surface area contributed by atoms with Crippen LogP contribution in [0.15, 0.2) is 53.7 Å². The second-order valence-corrected chi connectivity index (χ2v) is 6.42. The van der Waals surface area contributed by atoms with Crippen molar-refractivity contribution in [3.8, 4) is 0 Å². The average molecular weight is 361 g/mol. The number of aliphatic imine (C=N–C) groups is 1. The molecule has 0 aliphatic carbocycles. The summed E-state index contributed by atoms with van der Waals surface area (Å²) in [5, 5.41) is 16.4. The third-order valence-electron chi connectivity index (χ3n) is 4.72. The van der Waals surface area contributed by atoms with Gasteiger partial charge in [0.15, 0.2) is 17.4 Å². The smallest absolute Gasteiger partial charge is 0.191 e. The molecule has 3 heterocycles. The summed E-state index contributed by atoms with van der Waals surface area (Å²) in [5.74, 6) is 1.60. The lowest BCUT2D eigenvalue weighted by Gasteiger charge is -2.11. The van der Waals surface area contributed by atoms with Gasteiger partial charge < -0.3 is 15.6 Å². The number of hydrogen-bond donors (Lipinski definition) is 3. The number of fused-ring (bicyclic) bond motifs is 2. The molecule has 0 bridgehead atoms. The first-order valence-corrected chi connectivity index (χ1v) is 9.05. The van der Waals surface area contributed by atoms with Crippen LogP contribution in [0.3, 0.4) is 0 Å². The van der Waals surface area contributed by atoms with Gasteiger partial charge in [-0.15, -0.1) is 10.2 Å². The number of aromatic amines is 1. The lowest BCUT2D eigenvalue weighted by Crippen LogP contribution is -2.38. The van der Waals surface area contributed by atoms with E-state index in [1.165, 1.54) is 22.2 Å². The minimum Gasteiger partial charge on any atom is -0.358 e. The summed E-state index contributed by atoms with van der Waals surface area (Å²) in [6, 6.07) is 14.3. The molecule has 0 radical (unpaired) electrons. The van der Waals surface area contributed by atoms with Gasteiger partial charge in [-0.05, 0) is 37.1 Å². The van der Waals surface area contributed by atoms with E-state index in [-0.39, 0.29) is 0 Å². The van der Waals surface area contributed by atoms with Crippen LogP contribution >= 0.6 is 0 Å². The van der Waals surface area contributed by atoms with E-state index in [2.05, 4.69) is 62.0 Å². The van der Waals surface area contributed by atoms with Crippen LogP contribution in [-0.4, -0.2) is 39.1 Å². The number of pyridine rings is 1. The molecule has 1 aromatic carbocycles. The quantitative estimate of drug-likeness (QED) is 0.377. The Morgan fingerprint density at radius 2 is 1.96 bits per heavy atom. The highest BCUT2D eigenvalue weighted by atomic mass is 15.3. The third kappa shape index (κ3) is 3.48. The SMILES string of the molecule is CN=C(NCCc1c(C)[nH]c2ccccc12)NCc1nnc2ccccn12. The molecule has 4 rings (SSSR count). The van der Waals surface area contributed by atoms with E-state index in [0.717, 1.165) is 30.4 Å². The first-order valence-electron chi connectivity index (χ1n) is 9.05. The zero-order chi connectivity index (χ0) is 18.6. The zero-order valence-electron chi connectivity index (χ0n) is 15.5. The van der Waals surface area contributed by atoms with Crippen molar-refractivity contribution in [2.75, 3.05) is 13.6 Å². The first kappa shape index (κ1) is 17.1. The highest BCUT2D eigenvalue weighted by molar-refractivity contribution is 5.84. The lowest BCUT2D eigenvalue weighted by atomic mass is 10.1. The molecular weight excluding hydrogens is 338 g/mol. The number of rotatable bonds is 5. The van der Waals surface area contributed by atoms with Crippen LogP contribution in [0, 0.1) is 6.92 Å². The van der Waals surface area contributed by atoms with Crippen LogP contribution < -0.4 is 10.6 Å². The van der Waals surface area contributed by atoms with Crippen LogP contribution in [0.1, 0.15) is 17.1 Å². The number of guanidine groups is 1. The molecule has 3 aromatic heterocycles. The highest BCUT2D eigenvalue weighted by Crippen LogP contribution is 2.21. The molecule has 0 fully saturated rings. The number of aryl methyl sites for hydroxylation is 1. The number of hydrogen-bond acceptors (Lipinski definition) is 3. The van der Waals surface area contributed by atoms with Crippen LogP contribution in [0.2, 0.25) is 0 Å². The Balaban J connectivity index is 1.36. The average Bonchev–Trinajstić information content (AvgIpc) is 3.25. The molecule has 7 nitrogen and oxygen atoms in total. The Kier molecular flexibility index (Phi) is 4.74. The maximum absolute atomic E-state index is 4.30. The van der Waals surface area contributed by atoms with Crippen molar-refractivity contribution in [2.24, 2.45) is 4.99 Å². The normalized spacial score (nSPS) is 12.0. The largest absolute Gasteiger partial charge is 0.358 e. The van der Waals surface area contributed by atoms with Crippen molar-refractivity contribution >= 4 is 22.5 Å². The van der Waals surface area contributed by atoms with E-state index in [1.807, 2.05) is 28.8 Å². The van der Waals surface area contributed by atoms with Crippen molar-refractivity contribution in [1.82, 2.24) is 30.2 Å². The standard InChI is InChI=1S/C20H23N7/c1-14-15(16-7-3-4-8-17(16)24-14)10-11-22-20(21-2)23-13-19-26-25-18-9-5-6-12-27(18)19/h3-9,12,24H,10-11,13H2,1-2H3,(H2,21,22,23). The number of aromatic nitrogens is 4. The molecule has 0 spiro atoms. The van der Waals surface area contributed by atoms with Gasteiger partial charge in [-0.3, -0.25) is 9.39 Å². The maximum Gasteiger partial charge on any atom is 0.191 e. The Hall–Kier alpha value is -3.35.